The van der Waals surface area contributed by atoms with E-state index in [0.717, 1.165) is 11.3 Å². The van der Waals surface area contributed by atoms with Crippen molar-refractivity contribution < 1.29 is 4.74 Å². The van der Waals surface area contributed by atoms with E-state index in [1.807, 2.05) is 25.4 Å². The van der Waals surface area contributed by atoms with E-state index in [-0.39, 0.29) is 0 Å². The van der Waals surface area contributed by atoms with Crippen LogP contribution in [0.2, 0.25) is 5.02 Å². The Bertz CT molecular complexity index is 510. The predicted molar refractivity (Wildman–Crippen MR) is 66.9 cm³/mol. The molecule has 0 spiro atoms. The molecule has 5 heteroatoms. The van der Waals surface area contributed by atoms with Gasteiger partial charge in [0.25, 0.3) is 0 Å². The minimum absolute atomic E-state index is 0.411. The number of nitrogens with zero attached hydrogens (tertiary/aromatic N) is 2. The van der Waals surface area contributed by atoms with Crippen LogP contribution in [0, 0.1) is 0 Å². The van der Waals surface area contributed by atoms with Crippen molar-refractivity contribution in [2.24, 2.45) is 12.8 Å². The number of hydrogen-bond acceptors (Lipinski definition) is 3. The smallest absolute Gasteiger partial charge is 0.132 e. The molecule has 0 radical (unpaired) electrons. The fourth-order valence-corrected chi connectivity index (χ4v) is 1.69. The van der Waals surface area contributed by atoms with Crippen LogP contribution < -0.4 is 10.5 Å². The molecule has 2 aromatic rings. The number of hydrogen-bond donors (Lipinski definition) is 1. The van der Waals surface area contributed by atoms with Crippen molar-refractivity contribution in [2.75, 3.05) is 0 Å². The van der Waals surface area contributed by atoms with E-state index in [9.17, 15) is 0 Å². The van der Waals surface area contributed by atoms with Gasteiger partial charge in [0, 0.05) is 30.4 Å². The average molecular weight is 252 g/mol. The molecule has 17 heavy (non-hydrogen) atoms. The van der Waals surface area contributed by atoms with E-state index in [1.165, 1.54) is 0 Å². The highest BCUT2D eigenvalue weighted by atomic mass is 35.5. The lowest BCUT2D eigenvalue weighted by atomic mass is 10.2. The molecule has 0 atom stereocenters. The zero-order chi connectivity index (χ0) is 12.3. The molecule has 1 heterocycles. The summed E-state index contributed by atoms with van der Waals surface area (Å²) in [4.78, 5) is 0. The number of ether oxygens (including phenoxy) is 1. The highest BCUT2D eigenvalue weighted by molar-refractivity contribution is 6.30. The van der Waals surface area contributed by atoms with Gasteiger partial charge in [-0.2, -0.15) is 5.10 Å². The topological polar surface area (TPSA) is 53.1 Å². The summed E-state index contributed by atoms with van der Waals surface area (Å²) in [6.07, 6.45) is 1.88. The first kappa shape index (κ1) is 12.0. The Balaban J connectivity index is 2.10. The van der Waals surface area contributed by atoms with E-state index in [2.05, 4.69) is 5.10 Å². The van der Waals surface area contributed by atoms with Gasteiger partial charge in [-0.1, -0.05) is 17.7 Å². The summed E-state index contributed by atoms with van der Waals surface area (Å²) < 4.78 is 7.40. The van der Waals surface area contributed by atoms with Gasteiger partial charge in [0.2, 0.25) is 0 Å². The highest BCUT2D eigenvalue weighted by Crippen LogP contribution is 2.23. The number of rotatable bonds is 4. The monoisotopic (exact) mass is 251 g/mol. The number of aromatic nitrogens is 2. The SMILES string of the molecule is Cn1ccc(COc2cc(Cl)ccc2CN)n1. The van der Waals surface area contributed by atoms with Gasteiger partial charge in [-0.25, -0.2) is 0 Å². The summed E-state index contributed by atoms with van der Waals surface area (Å²) in [7, 11) is 1.87. The molecular weight excluding hydrogens is 238 g/mol. The van der Waals surface area contributed by atoms with Gasteiger partial charge < -0.3 is 10.5 Å². The van der Waals surface area contributed by atoms with Gasteiger partial charge in [-0.05, 0) is 18.2 Å². The Kier molecular flexibility index (Phi) is 3.66. The first-order valence-electron chi connectivity index (χ1n) is 5.29. The second kappa shape index (κ2) is 5.21. The number of aryl methyl sites for hydroxylation is 1. The molecule has 0 saturated heterocycles. The molecule has 0 aliphatic carbocycles. The van der Waals surface area contributed by atoms with Gasteiger partial charge in [0.05, 0.1) is 5.69 Å². The summed E-state index contributed by atoms with van der Waals surface area (Å²) in [5, 5.41) is 4.87. The van der Waals surface area contributed by atoms with Crippen LogP contribution >= 0.6 is 11.6 Å². The minimum atomic E-state index is 0.411. The normalized spacial score (nSPS) is 10.5. The quantitative estimate of drug-likeness (QED) is 0.906. The molecule has 1 aromatic carbocycles. The van der Waals surface area contributed by atoms with Crippen LogP contribution in [0.25, 0.3) is 0 Å². The van der Waals surface area contributed by atoms with Crippen molar-refractivity contribution in [2.45, 2.75) is 13.2 Å². The van der Waals surface area contributed by atoms with Gasteiger partial charge in [-0.15, -0.1) is 0 Å². The van der Waals surface area contributed by atoms with Crippen molar-refractivity contribution in [3.8, 4) is 5.75 Å². The molecule has 0 aliphatic rings. The van der Waals surface area contributed by atoms with Crippen molar-refractivity contribution >= 4 is 11.6 Å². The summed E-state index contributed by atoms with van der Waals surface area (Å²) in [6.45, 7) is 0.836. The molecule has 4 nitrogen and oxygen atoms in total. The highest BCUT2D eigenvalue weighted by Gasteiger charge is 2.05. The van der Waals surface area contributed by atoms with E-state index in [1.54, 1.807) is 16.8 Å². The number of nitrogens with two attached hydrogens (primary N) is 1. The molecule has 2 rings (SSSR count). The molecular formula is C12H14ClN3O. The van der Waals surface area contributed by atoms with Crippen LogP contribution in [-0.2, 0) is 20.2 Å². The zero-order valence-corrected chi connectivity index (χ0v) is 10.3. The predicted octanol–water partition coefficient (Wildman–Crippen LogP) is 2.11. The van der Waals surface area contributed by atoms with Gasteiger partial charge in [0.1, 0.15) is 12.4 Å². The first-order valence-corrected chi connectivity index (χ1v) is 5.66. The van der Waals surface area contributed by atoms with Gasteiger partial charge in [-0.3, -0.25) is 4.68 Å². The van der Waals surface area contributed by atoms with Crippen molar-refractivity contribution in [1.29, 1.82) is 0 Å². The molecule has 0 bridgehead atoms. The Hall–Kier alpha value is -1.52. The van der Waals surface area contributed by atoms with Crippen molar-refractivity contribution in [1.82, 2.24) is 9.78 Å². The van der Waals surface area contributed by atoms with Crippen LogP contribution in [0.15, 0.2) is 30.5 Å². The minimum Gasteiger partial charge on any atom is -0.487 e. The summed E-state index contributed by atoms with van der Waals surface area (Å²) in [6, 6.07) is 7.35. The van der Waals surface area contributed by atoms with Crippen molar-refractivity contribution in [3.63, 3.8) is 0 Å². The molecule has 0 fully saturated rings. The second-order valence-electron chi connectivity index (χ2n) is 3.73. The largest absolute Gasteiger partial charge is 0.487 e. The molecule has 0 saturated carbocycles. The third-order valence-electron chi connectivity index (χ3n) is 2.39. The maximum absolute atomic E-state index is 5.92. The third kappa shape index (κ3) is 2.99. The Morgan fingerprint density at radius 1 is 1.41 bits per heavy atom. The molecule has 1 aromatic heterocycles. The Morgan fingerprint density at radius 3 is 2.88 bits per heavy atom. The number of benzene rings is 1. The van der Waals surface area contributed by atoms with Gasteiger partial charge in [0.15, 0.2) is 0 Å². The molecule has 90 valence electrons. The number of halogens is 1. The Labute approximate surface area is 105 Å². The average Bonchev–Trinajstić information content (AvgIpc) is 2.73. The maximum Gasteiger partial charge on any atom is 0.132 e. The first-order chi connectivity index (χ1) is 8.19. The van der Waals surface area contributed by atoms with E-state index in [4.69, 9.17) is 22.1 Å². The third-order valence-corrected chi connectivity index (χ3v) is 2.63. The van der Waals surface area contributed by atoms with Crippen LogP contribution in [0.3, 0.4) is 0 Å². The molecule has 2 N–H and O–H groups in total. The lowest BCUT2D eigenvalue weighted by Crippen LogP contribution is -2.03. The van der Waals surface area contributed by atoms with Crippen molar-refractivity contribution in [3.05, 3.63) is 46.7 Å². The van der Waals surface area contributed by atoms with Crippen LogP contribution in [0.5, 0.6) is 5.75 Å². The van der Waals surface area contributed by atoms with E-state index < -0.39 is 0 Å². The molecule has 0 amide bonds. The lowest BCUT2D eigenvalue weighted by molar-refractivity contribution is 0.297. The Morgan fingerprint density at radius 2 is 2.24 bits per heavy atom. The fraction of sp³-hybridized carbons (Fsp3) is 0.250. The van der Waals surface area contributed by atoms with E-state index >= 15 is 0 Å². The fourth-order valence-electron chi connectivity index (χ4n) is 1.52. The molecule has 0 aliphatic heterocycles. The molecule has 0 unspecified atom stereocenters. The maximum atomic E-state index is 5.92. The second-order valence-corrected chi connectivity index (χ2v) is 4.16. The van der Waals surface area contributed by atoms with E-state index in [0.29, 0.717) is 23.9 Å². The van der Waals surface area contributed by atoms with Crippen LogP contribution in [0.4, 0.5) is 0 Å². The van der Waals surface area contributed by atoms with Crippen LogP contribution in [0.1, 0.15) is 11.3 Å². The zero-order valence-electron chi connectivity index (χ0n) is 9.56. The summed E-state index contributed by atoms with van der Waals surface area (Å²) >= 11 is 5.92. The standard InChI is InChI=1S/C12H14ClN3O/c1-16-5-4-11(15-16)8-17-12-6-10(13)3-2-9(12)7-14/h2-6H,7-8,14H2,1H3. The van der Waals surface area contributed by atoms with Crippen LogP contribution in [-0.4, -0.2) is 9.78 Å². The summed E-state index contributed by atoms with van der Waals surface area (Å²) in [5.74, 6) is 0.714. The van der Waals surface area contributed by atoms with Gasteiger partial charge >= 0.3 is 0 Å². The lowest BCUT2D eigenvalue weighted by Gasteiger charge is -2.09. The summed E-state index contributed by atoms with van der Waals surface area (Å²) in [5.41, 5.74) is 7.44.